The van der Waals surface area contributed by atoms with Gasteiger partial charge in [-0.15, -0.1) is 0 Å². The zero-order valence-corrected chi connectivity index (χ0v) is 14.5. The van der Waals surface area contributed by atoms with Crippen molar-refractivity contribution in [2.24, 2.45) is 0 Å². The van der Waals surface area contributed by atoms with Gasteiger partial charge in [0.05, 0.1) is 0 Å². The van der Waals surface area contributed by atoms with Gasteiger partial charge in [-0.1, -0.05) is 0 Å². The summed E-state index contributed by atoms with van der Waals surface area (Å²) in [6, 6.07) is 21.4. The van der Waals surface area contributed by atoms with Gasteiger partial charge in [-0.2, -0.15) is 0 Å². The van der Waals surface area contributed by atoms with Crippen molar-refractivity contribution in [1.29, 1.82) is 0 Å². The molecule has 2 aromatic carbocycles. The van der Waals surface area contributed by atoms with Gasteiger partial charge in [0.15, 0.2) is 0 Å². The summed E-state index contributed by atoms with van der Waals surface area (Å²) in [7, 11) is 0. The Labute approximate surface area is 125 Å². The molecule has 0 unspecified atom stereocenters. The molecule has 0 saturated heterocycles. The van der Waals surface area contributed by atoms with Crippen molar-refractivity contribution in [1.82, 2.24) is 0 Å². The van der Waals surface area contributed by atoms with Crippen LogP contribution in [0.4, 0.5) is 0 Å². The molecule has 0 amide bonds. The van der Waals surface area contributed by atoms with Gasteiger partial charge in [0.25, 0.3) is 0 Å². The SMILES string of the molecule is CCCP(Br)(Br)(c1ccccc1)c1ccccc1. The summed E-state index contributed by atoms with van der Waals surface area (Å²) < 4.78 is -2.36. The maximum absolute atomic E-state index is 4.11. The number of halogens is 2. The first-order chi connectivity index (χ1) is 8.57. The first-order valence-electron chi connectivity index (χ1n) is 6.13. The molecule has 0 bridgehead atoms. The Balaban J connectivity index is 2.63. The first kappa shape index (κ1) is 14.2. The summed E-state index contributed by atoms with van der Waals surface area (Å²) in [6.07, 6.45) is 2.25. The first-order valence-corrected chi connectivity index (χ1v) is 12.6. The van der Waals surface area contributed by atoms with E-state index in [9.17, 15) is 0 Å². The molecule has 2 rings (SSSR count). The van der Waals surface area contributed by atoms with E-state index in [1.165, 1.54) is 10.6 Å². The Hall–Kier alpha value is -0.170. The second-order valence-corrected chi connectivity index (χ2v) is 20.3. The Morgan fingerprint density at radius 2 is 1.17 bits per heavy atom. The van der Waals surface area contributed by atoms with Crippen LogP contribution in [0, 0.1) is 0 Å². The van der Waals surface area contributed by atoms with Gasteiger partial charge in [0.1, 0.15) is 0 Å². The van der Waals surface area contributed by atoms with Crippen LogP contribution in [0.2, 0.25) is 0 Å². The van der Waals surface area contributed by atoms with Crippen LogP contribution in [0.3, 0.4) is 0 Å². The predicted octanol–water partition coefficient (Wildman–Crippen LogP) is 5.22. The zero-order valence-electron chi connectivity index (χ0n) is 10.4. The van der Waals surface area contributed by atoms with E-state index in [4.69, 9.17) is 0 Å². The molecule has 96 valence electrons. The zero-order chi connectivity index (χ0) is 13.1. The molecule has 0 nitrogen and oxygen atoms in total. The van der Waals surface area contributed by atoms with E-state index in [1.807, 2.05) is 0 Å². The topological polar surface area (TPSA) is 0 Å². The van der Waals surface area contributed by atoms with E-state index in [0.717, 1.165) is 12.6 Å². The van der Waals surface area contributed by atoms with E-state index < -0.39 is 4.01 Å². The van der Waals surface area contributed by atoms with Gasteiger partial charge in [0.2, 0.25) is 0 Å². The van der Waals surface area contributed by atoms with E-state index >= 15 is 0 Å². The van der Waals surface area contributed by atoms with Crippen LogP contribution in [0.25, 0.3) is 0 Å². The molecule has 3 heteroatoms. The van der Waals surface area contributed by atoms with Gasteiger partial charge >= 0.3 is 126 Å². The molecule has 0 radical (unpaired) electrons. The van der Waals surface area contributed by atoms with Crippen LogP contribution in [0.1, 0.15) is 13.3 Å². The summed E-state index contributed by atoms with van der Waals surface area (Å²) in [5, 5.41) is 2.72. The van der Waals surface area contributed by atoms with E-state index in [0.29, 0.717) is 0 Å². The van der Waals surface area contributed by atoms with Gasteiger partial charge in [0, 0.05) is 0 Å². The Bertz CT molecular complexity index is 465. The van der Waals surface area contributed by atoms with Crippen molar-refractivity contribution in [3.8, 4) is 0 Å². The van der Waals surface area contributed by atoms with Crippen LogP contribution in [0.15, 0.2) is 60.7 Å². The van der Waals surface area contributed by atoms with Crippen LogP contribution in [0.5, 0.6) is 0 Å². The average Bonchev–Trinajstić information content (AvgIpc) is 2.41. The minimum absolute atomic E-state index is 1.11. The fourth-order valence-electron chi connectivity index (χ4n) is 2.24. The standard InChI is InChI=1S/C15H17Br2P/c1-2-13-18(16,17,14-9-5-3-6-10-14)15-11-7-4-8-12-15/h3-12H,2,13H2,1H3. The molecule has 0 aliphatic carbocycles. The monoisotopic (exact) mass is 386 g/mol. The molecule has 0 aromatic heterocycles. The Morgan fingerprint density at radius 1 is 0.778 bits per heavy atom. The number of hydrogen-bond acceptors (Lipinski definition) is 0. The molecular formula is C15H17Br2P. The van der Waals surface area contributed by atoms with Gasteiger partial charge in [-0.3, -0.25) is 0 Å². The Morgan fingerprint density at radius 3 is 1.50 bits per heavy atom. The maximum atomic E-state index is 4.11. The second-order valence-electron chi connectivity index (χ2n) is 4.46. The molecule has 0 heterocycles. The number of rotatable bonds is 4. The summed E-state index contributed by atoms with van der Waals surface area (Å²) in [5.74, 6) is 0. The van der Waals surface area contributed by atoms with Gasteiger partial charge in [-0.05, 0) is 0 Å². The van der Waals surface area contributed by atoms with Crippen molar-refractivity contribution < 1.29 is 0 Å². The molecule has 0 spiro atoms. The predicted molar refractivity (Wildman–Crippen MR) is 92.1 cm³/mol. The van der Waals surface area contributed by atoms with Crippen LogP contribution in [-0.2, 0) is 0 Å². The third-order valence-corrected chi connectivity index (χ3v) is 14.0. The summed E-state index contributed by atoms with van der Waals surface area (Å²) >= 11 is 8.23. The second kappa shape index (κ2) is 5.45. The quantitative estimate of drug-likeness (QED) is 0.631. The van der Waals surface area contributed by atoms with Crippen molar-refractivity contribution in [3.05, 3.63) is 60.7 Å². The van der Waals surface area contributed by atoms with Crippen molar-refractivity contribution >= 4 is 45.6 Å². The number of benzene rings is 2. The van der Waals surface area contributed by atoms with E-state index in [-0.39, 0.29) is 0 Å². The minimum atomic E-state index is -2.36. The normalized spacial score (nSPS) is 13.8. The average molecular weight is 388 g/mol. The van der Waals surface area contributed by atoms with Crippen molar-refractivity contribution in [2.45, 2.75) is 13.3 Å². The number of hydrogen-bond donors (Lipinski definition) is 0. The van der Waals surface area contributed by atoms with Gasteiger partial charge in [-0.25, -0.2) is 0 Å². The molecular weight excluding hydrogens is 371 g/mol. The molecule has 0 atom stereocenters. The van der Waals surface area contributed by atoms with Crippen LogP contribution < -0.4 is 10.6 Å². The molecule has 0 saturated carbocycles. The third kappa shape index (κ3) is 2.57. The molecule has 0 fully saturated rings. The molecule has 0 aliphatic heterocycles. The summed E-state index contributed by atoms with van der Waals surface area (Å²) in [5.41, 5.74) is 0. The fraction of sp³-hybridized carbons (Fsp3) is 0.200. The molecule has 2 aromatic rings. The van der Waals surface area contributed by atoms with E-state index in [2.05, 4.69) is 98.6 Å². The van der Waals surface area contributed by atoms with Crippen LogP contribution >= 0.6 is 35.0 Å². The summed E-state index contributed by atoms with van der Waals surface area (Å²) in [4.78, 5) is 0. The molecule has 0 N–H and O–H groups in total. The van der Waals surface area contributed by atoms with Crippen molar-refractivity contribution in [2.75, 3.05) is 6.16 Å². The van der Waals surface area contributed by atoms with Gasteiger partial charge < -0.3 is 0 Å². The third-order valence-electron chi connectivity index (χ3n) is 3.14. The van der Waals surface area contributed by atoms with Crippen molar-refractivity contribution in [3.63, 3.8) is 0 Å². The fourth-order valence-corrected chi connectivity index (χ4v) is 10.3. The molecule has 0 aliphatic rings. The summed E-state index contributed by atoms with van der Waals surface area (Å²) in [6.45, 7) is 2.23. The van der Waals surface area contributed by atoms with Crippen LogP contribution in [-0.4, -0.2) is 6.16 Å². The Kier molecular flexibility index (Phi) is 4.31. The molecule has 18 heavy (non-hydrogen) atoms. The van der Waals surface area contributed by atoms with E-state index in [1.54, 1.807) is 0 Å².